The van der Waals surface area contributed by atoms with Gasteiger partial charge in [0, 0.05) is 12.6 Å². The number of carbonyl (C=O) groups excluding carboxylic acids is 1. The van der Waals surface area contributed by atoms with Crippen LogP contribution in [0.4, 0.5) is 14.9 Å². The minimum absolute atomic E-state index is 0.142. The molecule has 1 amide bonds. The number of halogens is 1. The predicted octanol–water partition coefficient (Wildman–Crippen LogP) is 5.03. The van der Waals surface area contributed by atoms with Crippen LogP contribution in [0.1, 0.15) is 38.2 Å². The molecule has 7 nitrogen and oxygen atoms in total. The Balaban J connectivity index is 1.41. The van der Waals surface area contributed by atoms with Crippen LogP contribution in [-0.4, -0.2) is 34.9 Å². The van der Waals surface area contributed by atoms with Gasteiger partial charge in [-0.05, 0) is 61.4 Å². The van der Waals surface area contributed by atoms with Gasteiger partial charge in [0.2, 0.25) is 0 Å². The molecule has 1 aliphatic carbocycles. The van der Waals surface area contributed by atoms with E-state index in [1.54, 1.807) is 6.07 Å². The molecule has 8 heteroatoms. The molecule has 2 aromatic carbocycles. The second-order valence-corrected chi connectivity index (χ2v) is 9.48. The molecule has 3 aromatic rings. The Bertz CT molecular complexity index is 1280. The third-order valence-corrected chi connectivity index (χ3v) is 6.87. The molecule has 0 bridgehead atoms. The molecule has 1 saturated carbocycles. The third kappa shape index (κ3) is 3.78. The number of ether oxygens (including phenoxy) is 2. The van der Waals surface area contributed by atoms with Crippen LogP contribution >= 0.6 is 0 Å². The fourth-order valence-corrected chi connectivity index (χ4v) is 5.50. The molecule has 33 heavy (non-hydrogen) atoms. The molecule has 0 N–H and O–H groups in total. The summed E-state index contributed by atoms with van der Waals surface area (Å²) in [5.41, 5.74) is 1.96. The zero-order chi connectivity index (χ0) is 23.2. The van der Waals surface area contributed by atoms with Crippen LogP contribution in [-0.2, 0) is 11.3 Å². The van der Waals surface area contributed by atoms with Crippen molar-refractivity contribution in [2.75, 3.05) is 18.6 Å². The van der Waals surface area contributed by atoms with E-state index in [1.165, 1.54) is 30.2 Å². The number of methoxy groups -OCH3 is 1. The van der Waals surface area contributed by atoms with Gasteiger partial charge < -0.3 is 14.0 Å². The molecular formula is C25H25FN4O3. The van der Waals surface area contributed by atoms with Crippen molar-refractivity contribution in [3.05, 3.63) is 54.1 Å². The first kappa shape index (κ1) is 21.3. The summed E-state index contributed by atoms with van der Waals surface area (Å²) in [6.07, 6.45) is 4.66. The number of hydrogen-bond acceptors (Lipinski definition) is 5. The van der Waals surface area contributed by atoms with Crippen LogP contribution in [0, 0.1) is 22.6 Å². The van der Waals surface area contributed by atoms with Crippen molar-refractivity contribution in [2.45, 2.75) is 44.8 Å². The van der Waals surface area contributed by atoms with Crippen LogP contribution in [0.5, 0.6) is 5.75 Å². The summed E-state index contributed by atoms with van der Waals surface area (Å²) in [5.74, 6) is -0.00101. The van der Waals surface area contributed by atoms with Gasteiger partial charge in [-0.1, -0.05) is 6.92 Å². The minimum Gasteiger partial charge on any atom is -0.495 e. The Morgan fingerprint density at radius 1 is 1.27 bits per heavy atom. The maximum Gasteiger partial charge on any atom is 0.415 e. The second kappa shape index (κ2) is 7.77. The van der Waals surface area contributed by atoms with E-state index in [9.17, 15) is 14.4 Å². The van der Waals surface area contributed by atoms with E-state index < -0.39 is 17.5 Å². The molecule has 1 spiro atoms. The smallest absolute Gasteiger partial charge is 0.415 e. The molecule has 170 valence electrons. The lowest BCUT2D eigenvalue weighted by Gasteiger charge is -2.43. The highest BCUT2D eigenvalue weighted by Crippen LogP contribution is 2.48. The minimum atomic E-state index is -0.643. The number of aromatic nitrogens is 2. The highest BCUT2D eigenvalue weighted by atomic mass is 19.1. The first-order valence-electron chi connectivity index (χ1n) is 11.0. The van der Waals surface area contributed by atoms with Crippen molar-refractivity contribution in [1.82, 2.24) is 9.55 Å². The van der Waals surface area contributed by atoms with E-state index in [0.717, 1.165) is 30.3 Å². The maximum atomic E-state index is 14.0. The quantitative estimate of drug-likeness (QED) is 0.559. The van der Waals surface area contributed by atoms with Crippen molar-refractivity contribution < 1.29 is 18.7 Å². The SMILES string of the molecule is COc1ccc(F)cc1N1C[C@@]2(CCC[C@](C)(Cn3cnc4ccc(C#N)cc43)C2)OC1=O. The van der Waals surface area contributed by atoms with Gasteiger partial charge in [-0.2, -0.15) is 5.26 Å². The van der Waals surface area contributed by atoms with Crippen LogP contribution in [0.25, 0.3) is 11.0 Å². The molecule has 1 aromatic heterocycles. The molecule has 2 atom stereocenters. The number of rotatable bonds is 4. The van der Waals surface area contributed by atoms with Gasteiger partial charge in [-0.3, -0.25) is 4.90 Å². The lowest BCUT2D eigenvalue weighted by Crippen LogP contribution is -2.45. The van der Waals surface area contributed by atoms with Crippen LogP contribution in [0.15, 0.2) is 42.7 Å². The van der Waals surface area contributed by atoms with Crippen molar-refractivity contribution in [1.29, 1.82) is 5.26 Å². The third-order valence-electron chi connectivity index (χ3n) is 6.87. The molecule has 0 radical (unpaired) electrons. The average molecular weight is 448 g/mol. The van der Waals surface area contributed by atoms with E-state index in [2.05, 4.69) is 22.5 Å². The molecule has 1 saturated heterocycles. The molecular weight excluding hydrogens is 423 g/mol. The number of anilines is 1. The molecule has 2 heterocycles. The topological polar surface area (TPSA) is 80.4 Å². The average Bonchev–Trinajstić information content (AvgIpc) is 3.32. The van der Waals surface area contributed by atoms with Gasteiger partial charge in [0.1, 0.15) is 17.2 Å². The number of benzene rings is 2. The van der Waals surface area contributed by atoms with Gasteiger partial charge >= 0.3 is 6.09 Å². The highest BCUT2D eigenvalue weighted by Gasteiger charge is 2.52. The second-order valence-electron chi connectivity index (χ2n) is 9.48. The van der Waals surface area contributed by atoms with E-state index in [4.69, 9.17) is 9.47 Å². The monoisotopic (exact) mass is 448 g/mol. The fourth-order valence-electron chi connectivity index (χ4n) is 5.50. The number of fused-ring (bicyclic) bond motifs is 1. The zero-order valence-electron chi connectivity index (χ0n) is 18.7. The first-order chi connectivity index (χ1) is 15.8. The summed E-state index contributed by atoms with van der Waals surface area (Å²) in [5, 5.41) is 9.27. The van der Waals surface area contributed by atoms with Gasteiger partial charge in [-0.25, -0.2) is 14.2 Å². The summed E-state index contributed by atoms with van der Waals surface area (Å²) < 4.78 is 27.4. The normalized spacial score (nSPS) is 24.8. The van der Waals surface area contributed by atoms with Crippen molar-refractivity contribution >= 4 is 22.8 Å². The van der Waals surface area contributed by atoms with Crippen LogP contribution in [0.2, 0.25) is 0 Å². The van der Waals surface area contributed by atoms with Crippen molar-refractivity contribution in [2.24, 2.45) is 5.41 Å². The Morgan fingerprint density at radius 2 is 2.12 bits per heavy atom. The summed E-state index contributed by atoms with van der Waals surface area (Å²) in [6, 6.07) is 11.8. The first-order valence-corrected chi connectivity index (χ1v) is 11.0. The van der Waals surface area contributed by atoms with Gasteiger partial charge in [0.15, 0.2) is 0 Å². The van der Waals surface area contributed by atoms with Crippen LogP contribution < -0.4 is 9.64 Å². The number of carbonyl (C=O) groups is 1. The number of nitriles is 1. The van der Waals surface area contributed by atoms with Gasteiger partial charge in [0.05, 0.1) is 48.3 Å². The molecule has 5 rings (SSSR count). The number of hydrogen-bond donors (Lipinski definition) is 0. The molecule has 2 aliphatic rings. The predicted molar refractivity (Wildman–Crippen MR) is 121 cm³/mol. The Kier molecular flexibility index (Phi) is 5.00. The molecule has 0 unspecified atom stereocenters. The molecule has 1 aliphatic heterocycles. The van der Waals surface area contributed by atoms with Crippen molar-refractivity contribution in [3.63, 3.8) is 0 Å². The Morgan fingerprint density at radius 3 is 2.91 bits per heavy atom. The Hall–Kier alpha value is -3.60. The summed E-state index contributed by atoms with van der Waals surface area (Å²) >= 11 is 0. The van der Waals surface area contributed by atoms with Gasteiger partial charge in [0.25, 0.3) is 0 Å². The highest BCUT2D eigenvalue weighted by molar-refractivity contribution is 5.92. The van der Waals surface area contributed by atoms with E-state index in [1.807, 2.05) is 18.5 Å². The largest absolute Gasteiger partial charge is 0.495 e. The summed E-state index contributed by atoms with van der Waals surface area (Å²) in [6.45, 7) is 3.25. The standard InChI is InChI=1S/C25H25FN4O3/c1-24(14-29-16-28-19-6-4-17(12-27)10-20(19)29)8-3-9-25(13-24)15-30(23(31)33-25)21-11-18(26)5-7-22(21)32-2/h4-7,10-11,16H,3,8-9,13-15H2,1-2H3/t24-,25-/m0/s1. The zero-order valence-corrected chi connectivity index (χ0v) is 18.7. The maximum absolute atomic E-state index is 14.0. The number of nitrogens with zero attached hydrogens (tertiary/aromatic N) is 4. The van der Waals surface area contributed by atoms with Gasteiger partial charge in [-0.15, -0.1) is 0 Å². The van der Waals surface area contributed by atoms with Crippen LogP contribution in [0.3, 0.4) is 0 Å². The Labute approximate surface area is 191 Å². The summed E-state index contributed by atoms with van der Waals surface area (Å²) in [7, 11) is 1.50. The summed E-state index contributed by atoms with van der Waals surface area (Å²) in [4.78, 5) is 18.8. The lowest BCUT2D eigenvalue weighted by molar-refractivity contribution is -0.0264. The number of amides is 1. The fraction of sp³-hybridized carbons (Fsp3) is 0.400. The number of imidazole rings is 1. The lowest BCUT2D eigenvalue weighted by atomic mass is 9.68. The van der Waals surface area contributed by atoms with E-state index in [-0.39, 0.29) is 5.41 Å². The van der Waals surface area contributed by atoms with Crippen molar-refractivity contribution in [3.8, 4) is 11.8 Å². The van der Waals surface area contributed by atoms with E-state index >= 15 is 0 Å². The molecule has 2 fully saturated rings. The van der Waals surface area contributed by atoms with E-state index in [0.29, 0.717) is 36.5 Å².